The second-order valence-corrected chi connectivity index (χ2v) is 6.29. The lowest BCUT2D eigenvalue weighted by Gasteiger charge is -2.32. The third kappa shape index (κ3) is 3.61. The molecule has 1 atom stereocenters. The largest absolute Gasteiger partial charge is 0.398 e. The Kier molecular flexibility index (Phi) is 4.46. The quantitative estimate of drug-likeness (QED) is 0.818. The van der Waals surface area contributed by atoms with Crippen molar-refractivity contribution in [3.63, 3.8) is 0 Å². The van der Waals surface area contributed by atoms with Crippen molar-refractivity contribution in [2.45, 2.75) is 33.4 Å². The Bertz CT molecular complexity index is 541. The minimum atomic E-state index is 0.144. The summed E-state index contributed by atoms with van der Waals surface area (Å²) in [7, 11) is 0. The van der Waals surface area contributed by atoms with Crippen molar-refractivity contribution in [3.8, 4) is 0 Å². The van der Waals surface area contributed by atoms with Crippen LogP contribution in [0.3, 0.4) is 0 Å². The van der Waals surface area contributed by atoms with Gasteiger partial charge in [-0.15, -0.1) is 0 Å². The van der Waals surface area contributed by atoms with E-state index >= 15 is 0 Å². The number of hydrogen-bond donors (Lipinski definition) is 2. The van der Waals surface area contributed by atoms with Crippen LogP contribution in [0.4, 0.5) is 5.69 Å². The molecule has 0 bridgehead atoms. The second-order valence-electron chi connectivity index (χ2n) is 6.29. The van der Waals surface area contributed by atoms with Gasteiger partial charge in [0.2, 0.25) is 0 Å². The third-order valence-corrected chi connectivity index (χ3v) is 3.55. The van der Waals surface area contributed by atoms with Gasteiger partial charge in [0.25, 0.3) is 0 Å². The summed E-state index contributed by atoms with van der Waals surface area (Å²) < 4.78 is 0. The molecule has 20 heavy (non-hydrogen) atoms. The number of nitrogens with one attached hydrogen (secondary N) is 1. The normalized spacial score (nSPS) is 13.2. The number of nitrogen functional groups attached to an aromatic ring is 1. The SMILES string of the molecule is CC(C)(C)C(NCc1ccccc1N)c1ccccc1. The molecule has 2 rings (SSSR count). The highest BCUT2D eigenvalue weighted by Crippen LogP contribution is 2.33. The van der Waals surface area contributed by atoms with Gasteiger partial charge in [-0.05, 0) is 22.6 Å². The van der Waals surface area contributed by atoms with Crippen LogP contribution < -0.4 is 11.1 Å². The summed E-state index contributed by atoms with van der Waals surface area (Å²) in [6.07, 6.45) is 0. The van der Waals surface area contributed by atoms with Crippen molar-refractivity contribution < 1.29 is 0 Å². The standard InChI is InChI=1S/C18H24N2/c1-18(2,3)17(14-9-5-4-6-10-14)20-13-15-11-7-8-12-16(15)19/h4-12,17,20H,13,19H2,1-3H3. The predicted octanol–water partition coefficient (Wildman–Crippen LogP) is 4.15. The molecule has 106 valence electrons. The number of nitrogens with two attached hydrogens (primary N) is 1. The van der Waals surface area contributed by atoms with E-state index in [-0.39, 0.29) is 5.41 Å². The third-order valence-electron chi connectivity index (χ3n) is 3.55. The van der Waals surface area contributed by atoms with Crippen LogP contribution in [0.1, 0.15) is 37.9 Å². The lowest BCUT2D eigenvalue weighted by atomic mass is 9.82. The molecular weight excluding hydrogens is 244 g/mol. The molecule has 0 saturated heterocycles. The molecule has 0 amide bonds. The smallest absolute Gasteiger partial charge is 0.0372 e. The van der Waals surface area contributed by atoms with Gasteiger partial charge in [-0.1, -0.05) is 69.3 Å². The first kappa shape index (κ1) is 14.6. The minimum Gasteiger partial charge on any atom is -0.398 e. The molecule has 0 radical (unpaired) electrons. The molecule has 3 N–H and O–H groups in total. The molecule has 2 nitrogen and oxygen atoms in total. The first-order chi connectivity index (χ1) is 9.48. The molecule has 2 aromatic rings. The van der Waals surface area contributed by atoms with Crippen LogP contribution in [-0.2, 0) is 6.54 Å². The predicted molar refractivity (Wildman–Crippen MR) is 86.3 cm³/mol. The number of benzene rings is 2. The zero-order chi connectivity index (χ0) is 14.6. The van der Waals surface area contributed by atoms with Gasteiger partial charge in [-0.2, -0.15) is 0 Å². The summed E-state index contributed by atoms with van der Waals surface area (Å²) in [6.45, 7) is 7.55. The molecule has 0 aliphatic rings. The van der Waals surface area contributed by atoms with E-state index in [0.717, 1.165) is 17.8 Å². The highest BCUT2D eigenvalue weighted by atomic mass is 14.9. The van der Waals surface area contributed by atoms with Crippen LogP contribution in [0.2, 0.25) is 0 Å². The Balaban J connectivity index is 2.16. The van der Waals surface area contributed by atoms with Gasteiger partial charge in [-0.3, -0.25) is 0 Å². The summed E-state index contributed by atoms with van der Waals surface area (Å²) in [6, 6.07) is 18.9. The average Bonchev–Trinajstić information content (AvgIpc) is 2.41. The van der Waals surface area contributed by atoms with E-state index in [1.54, 1.807) is 0 Å². The zero-order valence-corrected chi connectivity index (χ0v) is 12.6. The number of para-hydroxylation sites is 1. The molecule has 2 aromatic carbocycles. The molecular formula is C18H24N2. The van der Waals surface area contributed by atoms with Crippen molar-refractivity contribution in [3.05, 3.63) is 65.7 Å². The fourth-order valence-electron chi connectivity index (χ4n) is 2.48. The number of anilines is 1. The van der Waals surface area contributed by atoms with Gasteiger partial charge >= 0.3 is 0 Å². The van der Waals surface area contributed by atoms with E-state index in [9.17, 15) is 0 Å². The number of hydrogen-bond acceptors (Lipinski definition) is 2. The summed E-state index contributed by atoms with van der Waals surface area (Å²) in [5.74, 6) is 0. The van der Waals surface area contributed by atoms with E-state index in [1.807, 2.05) is 18.2 Å². The molecule has 0 fully saturated rings. The van der Waals surface area contributed by atoms with Gasteiger partial charge in [0.05, 0.1) is 0 Å². The van der Waals surface area contributed by atoms with Crippen molar-refractivity contribution in [2.24, 2.45) is 5.41 Å². The van der Waals surface area contributed by atoms with Gasteiger partial charge in [0.1, 0.15) is 0 Å². The Morgan fingerprint density at radius 3 is 2.15 bits per heavy atom. The average molecular weight is 268 g/mol. The molecule has 0 aromatic heterocycles. The molecule has 0 aliphatic heterocycles. The second kappa shape index (κ2) is 6.10. The molecule has 0 saturated carbocycles. The van der Waals surface area contributed by atoms with Crippen molar-refractivity contribution in [2.75, 3.05) is 5.73 Å². The first-order valence-electron chi connectivity index (χ1n) is 7.10. The molecule has 2 heteroatoms. The van der Waals surface area contributed by atoms with Crippen molar-refractivity contribution in [1.29, 1.82) is 0 Å². The fraction of sp³-hybridized carbons (Fsp3) is 0.333. The van der Waals surface area contributed by atoms with Gasteiger partial charge in [0, 0.05) is 18.3 Å². The van der Waals surface area contributed by atoms with Gasteiger partial charge in [-0.25, -0.2) is 0 Å². The van der Waals surface area contributed by atoms with Crippen LogP contribution in [-0.4, -0.2) is 0 Å². The molecule has 0 heterocycles. The molecule has 0 aliphatic carbocycles. The molecule has 1 unspecified atom stereocenters. The maximum atomic E-state index is 6.01. The van der Waals surface area contributed by atoms with Crippen LogP contribution in [0.15, 0.2) is 54.6 Å². The Morgan fingerprint density at radius 1 is 0.950 bits per heavy atom. The van der Waals surface area contributed by atoms with Crippen molar-refractivity contribution in [1.82, 2.24) is 5.32 Å². The van der Waals surface area contributed by atoms with Crippen LogP contribution in [0, 0.1) is 5.41 Å². The monoisotopic (exact) mass is 268 g/mol. The van der Waals surface area contributed by atoms with E-state index in [4.69, 9.17) is 5.73 Å². The maximum absolute atomic E-state index is 6.01. The lowest BCUT2D eigenvalue weighted by molar-refractivity contribution is 0.271. The minimum absolute atomic E-state index is 0.144. The first-order valence-corrected chi connectivity index (χ1v) is 7.10. The maximum Gasteiger partial charge on any atom is 0.0372 e. The zero-order valence-electron chi connectivity index (χ0n) is 12.6. The summed E-state index contributed by atoms with van der Waals surface area (Å²) in [5.41, 5.74) is 9.47. The van der Waals surface area contributed by atoms with E-state index in [2.05, 4.69) is 62.5 Å². The van der Waals surface area contributed by atoms with Crippen LogP contribution in [0.25, 0.3) is 0 Å². The Labute approximate surface area is 122 Å². The summed E-state index contributed by atoms with van der Waals surface area (Å²) >= 11 is 0. The van der Waals surface area contributed by atoms with E-state index in [1.165, 1.54) is 5.56 Å². The highest BCUT2D eigenvalue weighted by Gasteiger charge is 2.25. The fourth-order valence-corrected chi connectivity index (χ4v) is 2.48. The Morgan fingerprint density at radius 2 is 1.55 bits per heavy atom. The van der Waals surface area contributed by atoms with E-state index in [0.29, 0.717) is 6.04 Å². The van der Waals surface area contributed by atoms with Gasteiger partial charge < -0.3 is 11.1 Å². The van der Waals surface area contributed by atoms with Crippen molar-refractivity contribution >= 4 is 5.69 Å². The van der Waals surface area contributed by atoms with Gasteiger partial charge in [0.15, 0.2) is 0 Å². The number of rotatable bonds is 4. The van der Waals surface area contributed by atoms with E-state index < -0.39 is 0 Å². The summed E-state index contributed by atoms with van der Waals surface area (Å²) in [4.78, 5) is 0. The Hall–Kier alpha value is -1.80. The van der Waals surface area contributed by atoms with Crippen LogP contribution in [0.5, 0.6) is 0 Å². The lowest BCUT2D eigenvalue weighted by Crippen LogP contribution is -2.32. The topological polar surface area (TPSA) is 38.0 Å². The van der Waals surface area contributed by atoms with Crippen LogP contribution >= 0.6 is 0 Å². The summed E-state index contributed by atoms with van der Waals surface area (Å²) in [5, 5.41) is 3.65. The highest BCUT2D eigenvalue weighted by molar-refractivity contribution is 5.46. The molecule has 0 spiro atoms.